The van der Waals surface area contributed by atoms with Crippen LogP contribution in [-0.4, -0.2) is 32.3 Å². The second-order valence-electron chi connectivity index (χ2n) is 7.67. The van der Waals surface area contributed by atoms with Crippen LogP contribution in [-0.2, 0) is 11.3 Å². The second kappa shape index (κ2) is 11.7. The summed E-state index contributed by atoms with van der Waals surface area (Å²) < 4.78 is 2.66. The van der Waals surface area contributed by atoms with E-state index in [1.54, 1.807) is 30.3 Å². The summed E-state index contributed by atoms with van der Waals surface area (Å²) in [5.74, 6) is 0.234. The molecular formula is C24H25BrClN5O2S. The molecule has 2 amide bonds. The number of benzene rings is 2. The number of carbonyl (C=O) groups is 2. The van der Waals surface area contributed by atoms with Crippen molar-refractivity contribution < 1.29 is 9.59 Å². The highest BCUT2D eigenvalue weighted by atomic mass is 79.9. The number of nitrogens with zero attached hydrogens (tertiary/aromatic N) is 3. The van der Waals surface area contributed by atoms with Crippen molar-refractivity contribution in [3.63, 3.8) is 0 Å². The van der Waals surface area contributed by atoms with Gasteiger partial charge >= 0.3 is 0 Å². The Balaban J connectivity index is 1.69. The van der Waals surface area contributed by atoms with Gasteiger partial charge in [-0.3, -0.25) is 9.59 Å². The van der Waals surface area contributed by atoms with Crippen molar-refractivity contribution in [3.05, 3.63) is 81.1 Å². The Hall–Kier alpha value is -2.62. The summed E-state index contributed by atoms with van der Waals surface area (Å²) in [5, 5.41) is 15.3. The molecule has 34 heavy (non-hydrogen) atoms. The molecule has 3 rings (SSSR count). The van der Waals surface area contributed by atoms with Gasteiger partial charge in [0.2, 0.25) is 5.91 Å². The number of hydrogen-bond acceptors (Lipinski definition) is 5. The molecule has 178 valence electrons. The molecule has 0 spiro atoms. The van der Waals surface area contributed by atoms with Gasteiger partial charge in [-0.1, -0.05) is 41.6 Å². The average molecular weight is 563 g/mol. The maximum atomic E-state index is 12.7. The fourth-order valence-corrected chi connectivity index (χ4v) is 4.74. The number of hydrogen-bond donors (Lipinski definition) is 2. The normalized spacial score (nSPS) is 11.7. The van der Waals surface area contributed by atoms with Crippen molar-refractivity contribution in [2.45, 2.75) is 38.5 Å². The van der Waals surface area contributed by atoms with Gasteiger partial charge in [0.05, 0.1) is 28.1 Å². The lowest BCUT2D eigenvalue weighted by Crippen LogP contribution is -2.29. The van der Waals surface area contributed by atoms with E-state index in [0.29, 0.717) is 28.1 Å². The van der Waals surface area contributed by atoms with Crippen molar-refractivity contribution in [1.29, 1.82) is 0 Å². The maximum absolute atomic E-state index is 12.7. The number of aromatic nitrogens is 3. The number of carbonyl (C=O) groups excluding carboxylic acids is 2. The lowest BCUT2D eigenvalue weighted by molar-refractivity contribution is -0.113. The van der Waals surface area contributed by atoms with Crippen LogP contribution in [0.2, 0.25) is 5.02 Å². The minimum atomic E-state index is -0.439. The molecular weight excluding hydrogens is 538 g/mol. The van der Waals surface area contributed by atoms with Gasteiger partial charge in [0.25, 0.3) is 5.91 Å². The van der Waals surface area contributed by atoms with E-state index in [0.717, 1.165) is 21.3 Å². The van der Waals surface area contributed by atoms with Crippen LogP contribution in [0.3, 0.4) is 0 Å². The summed E-state index contributed by atoms with van der Waals surface area (Å²) in [6.45, 7) is 10.1. The number of rotatable bonds is 9. The molecule has 0 unspecified atom stereocenters. The highest BCUT2D eigenvalue weighted by Gasteiger charge is 2.21. The molecule has 0 fully saturated rings. The van der Waals surface area contributed by atoms with Crippen molar-refractivity contribution in [2.24, 2.45) is 0 Å². The van der Waals surface area contributed by atoms with Gasteiger partial charge < -0.3 is 15.2 Å². The molecule has 3 aromatic rings. The molecule has 2 aromatic carbocycles. The average Bonchev–Trinajstić information content (AvgIpc) is 3.19. The van der Waals surface area contributed by atoms with Crippen molar-refractivity contribution in [2.75, 3.05) is 11.1 Å². The van der Waals surface area contributed by atoms with Gasteiger partial charge in [-0.2, -0.15) is 0 Å². The molecule has 2 N–H and O–H groups in total. The molecule has 1 aromatic heterocycles. The minimum absolute atomic E-state index is 0.148. The summed E-state index contributed by atoms with van der Waals surface area (Å²) >= 11 is 10.9. The number of allylic oxidation sites excluding steroid dienone is 1. The Bertz CT molecular complexity index is 1230. The van der Waals surface area contributed by atoms with Crippen LogP contribution < -0.4 is 10.6 Å². The number of amides is 2. The highest BCUT2D eigenvalue weighted by molar-refractivity contribution is 9.10. The fourth-order valence-electron chi connectivity index (χ4n) is 3.21. The second-order valence-corrected chi connectivity index (χ2v) is 9.87. The number of halogens is 2. The SMILES string of the molecule is C=CCn1c(SCC(=O)Nc2cc(C)c(C)cc2Br)nnc1[C@H](C)NC(=O)c1ccccc1Cl. The molecule has 7 nitrogen and oxygen atoms in total. The summed E-state index contributed by atoms with van der Waals surface area (Å²) in [6, 6.07) is 10.3. The van der Waals surface area contributed by atoms with Crippen LogP contribution in [0.15, 0.2) is 58.7 Å². The summed E-state index contributed by atoms with van der Waals surface area (Å²) in [5.41, 5.74) is 3.34. The third-order valence-electron chi connectivity index (χ3n) is 5.10. The van der Waals surface area contributed by atoms with E-state index in [-0.39, 0.29) is 17.6 Å². The number of aryl methyl sites for hydroxylation is 2. The lowest BCUT2D eigenvalue weighted by Gasteiger charge is -2.16. The first-order valence-electron chi connectivity index (χ1n) is 10.5. The number of thioether (sulfide) groups is 1. The van der Waals surface area contributed by atoms with E-state index in [4.69, 9.17) is 11.6 Å². The van der Waals surface area contributed by atoms with E-state index in [2.05, 4.69) is 43.3 Å². The topological polar surface area (TPSA) is 88.9 Å². The molecule has 1 heterocycles. The van der Waals surface area contributed by atoms with Crippen LogP contribution in [0.1, 0.15) is 40.3 Å². The third-order valence-corrected chi connectivity index (χ3v) is 7.05. The van der Waals surface area contributed by atoms with Crippen LogP contribution in [0.5, 0.6) is 0 Å². The zero-order chi connectivity index (χ0) is 24.8. The van der Waals surface area contributed by atoms with Crippen molar-refractivity contribution >= 4 is 56.8 Å². The Morgan fingerprint density at radius 1 is 1.24 bits per heavy atom. The Morgan fingerprint density at radius 3 is 2.65 bits per heavy atom. The zero-order valence-corrected chi connectivity index (χ0v) is 22.2. The monoisotopic (exact) mass is 561 g/mol. The molecule has 10 heteroatoms. The van der Waals surface area contributed by atoms with Crippen LogP contribution in [0.25, 0.3) is 0 Å². The largest absolute Gasteiger partial charge is 0.342 e. The maximum Gasteiger partial charge on any atom is 0.253 e. The van der Waals surface area contributed by atoms with Crippen molar-refractivity contribution in [3.8, 4) is 0 Å². The molecule has 0 bridgehead atoms. The molecule has 0 radical (unpaired) electrons. The van der Waals surface area contributed by atoms with Crippen LogP contribution in [0.4, 0.5) is 5.69 Å². The molecule has 1 atom stereocenters. The lowest BCUT2D eigenvalue weighted by atomic mass is 10.1. The first kappa shape index (κ1) is 26.0. The Morgan fingerprint density at radius 2 is 1.94 bits per heavy atom. The van der Waals surface area contributed by atoms with Gasteiger partial charge in [-0.05, 0) is 72.1 Å². The van der Waals surface area contributed by atoms with Gasteiger partial charge in [0, 0.05) is 11.0 Å². The van der Waals surface area contributed by atoms with E-state index in [1.165, 1.54) is 11.8 Å². The van der Waals surface area contributed by atoms with Gasteiger partial charge in [-0.25, -0.2) is 0 Å². The standard InChI is InChI=1S/C24H25BrClN5O2S/c1-5-10-31-22(16(4)27-23(33)17-8-6-7-9-19(17)26)29-30-24(31)34-13-21(32)28-20-12-15(3)14(2)11-18(20)25/h5-9,11-12,16H,1,10,13H2,2-4H3,(H,27,33)(H,28,32)/t16-/m0/s1. The first-order valence-corrected chi connectivity index (χ1v) is 12.7. The highest BCUT2D eigenvalue weighted by Crippen LogP contribution is 2.27. The number of nitrogens with one attached hydrogen (secondary N) is 2. The minimum Gasteiger partial charge on any atom is -0.342 e. The number of anilines is 1. The zero-order valence-electron chi connectivity index (χ0n) is 19.1. The van der Waals surface area contributed by atoms with Gasteiger partial charge in [0.1, 0.15) is 0 Å². The van der Waals surface area contributed by atoms with Crippen LogP contribution in [0, 0.1) is 13.8 Å². The summed E-state index contributed by atoms with van der Waals surface area (Å²) in [7, 11) is 0. The molecule has 0 saturated heterocycles. The van der Waals surface area contributed by atoms with E-state index >= 15 is 0 Å². The van der Waals surface area contributed by atoms with Gasteiger partial charge in [-0.15, -0.1) is 16.8 Å². The smallest absolute Gasteiger partial charge is 0.253 e. The van der Waals surface area contributed by atoms with Crippen molar-refractivity contribution in [1.82, 2.24) is 20.1 Å². The summed E-state index contributed by atoms with van der Waals surface area (Å²) in [6.07, 6.45) is 1.71. The Labute approximate surface area is 216 Å². The Kier molecular flexibility index (Phi) is 8.93. The molecule has 0 aliphatic rings. The van der Waals surface area contributed by atoms with E-state index in [9.17, 15) is 9.59 Å². The van der Waals surface area contributed by atoms with Crippen LogP contribution >= 0.6 is 39.3 Å². The summed E-state index contributed by atoms with van der Waals surface area (Å²) in [4.78, 5) is 25.2. The first-order chi connectivity index (χ1) is 16.2. The quantitative estimate of drug-likeness (QED) is 0.257. The van der Waals surface area contributed by atoms with Gasteiger partial charge in [0.15, 0.2) is 11.0 Å². The fraction of sp³-hybridized carbons (Fsp3) is 0.250. The van der Waals surface area contributed by atoms with E-state index < -0.39 is 6.04 Å². The third kappa shape index (κ3) is 6.28. The predicted molar refractivity (Wildman–Crippen MR) is 141 cm³/mol. The molecule has 0 saturated carbocycles. The van der Waals surface area contributed by atoms with E-state index in [1.807, 2.05) is 37.5 Å². The molecule has 0 aliphatic carbocycles. The molecule has 0 aliphatic heterocycles. The predicted octanol–water partition coefficient (Wildman–Crippen LogP) is 5.72.